The van der Waals surface area contributed by atoms with Gasteiger partial charge in [-0.15, -0.1) is 0 Å². The van der Waals surface area contributed by atoms with Crippen molar-refractivity contribution in [2.45, 2.75) is 32.6 Å². The van der Waals surface area contributed by atoms with Gasteiger partial charge in [-0.25, -0.2) is 0 Å². The van der Waals surface area contributed by atoms with Crippen LogP contribution < -0.4 is 15.0 Å². The summed E-state index contributed by atoms with van der Waals surface area (Å²) in [5, 5.41) is 5.04. The Morgan fingerprint density at radius 3 is 2.19 bits per heavy atom. The van der Waals surface area contributed by atoms with Crippen LogP contribution in [0.3, 0.4) is 0 Å². The van der Waals surface area contributed by atoms with Crippen molar-refractivity contribution in [2.75, 3.05) is 16.8 Å². The maximum absolute atomic E-state index is 13.0. The molecular formula is C31H30N2O3. The van der Waals surface area contributed by atoms with Crippen LogP contribution in [0.4, 0.5) is 11.4 Å². The van der Waals surface area contributed by atoms with Gasteiger partial charge in [-0.3, -0.25) is 9.59 Å². The van der Waals surface area contributed by atoms with E-state index in [1.807, 2.05) is 78.9 Å². The molecule has 1 aliphatic heterocycles. The molecule has 1 N–H and O–H groups in total. The highest BCUT2D eigenvalue weighted by Crippen LogP contribution is 2.32. The Morgan fingerprint density at radius 2 is 1.50 bits per heavy atom. The number of amides is 2. The molecule has 1 heterocycles. The van der Waals surface area contributed by atoms with E-state index in [2.05, 4.69) is 38.2 Å². The minimum atomic E-state index is -0.409. The Bertz CT molecular complexity index is 1400. The molecule has 1 fully saturated rings. The van der Waals surface area contributed by atoms with E-state index in [0.29, 0.717) is 18.0 Å². The van der Waals surface area contributed by atoms with Crippen LogP contribution in [0.15, 0.2) is 91.0 Å². The first-order valence-electron chi connectivity index (χ1n) is 12.3. The Hall–Kier alpha value is -4.12. The number of ether oxygens (including phenoxy) is 1. The van der Waals surface area contributed by atoms with Crippen molar-refractivity contribution in [1.82, 2.24) is 0 Å². The van der Waals surface area contributed by atoms with Gasteiger partial charge in [0.15, 0.2) is 0 Å². The average molecular weight is 479 g/mol. The van der Waals surface area contributed by atoms with Crippen molar-refractivity contribution in [3.8, 4) is 11.5 Å². The molecule has 4 aromatic rings. The molecule has 5 nitrogen and oxygen atoms in total. The molecule has 5 heteroatoms. The van der Waals surface area contributed by atoms with Gasteiger partial charge in [0.05, 0.1) is 11.6 Å². The predicted octanol–water partition coefficient (Wildman–Crippen LogP) is 6.92. The number of hydrogen-bond donors (Lipinski definition) is 1. The SMILES string of the molecule is CC(C)(C)c1ccc(Oc2ccc(NC(=O)[C@@H]3CC(=O)N(c4cccc5ccccc45)C3)cc2)cc1. The fourth-order valence-corrected chi connectivity index (χ4v) is 4.57. The number of carbonyl (C=O) groups excluding carboxylic acids is 2. The van der Waals surface area contributed by atoms with E-state index >= 15 is 0 Å². The largest absolute Gasteiger partial charge is 0.457 e. The summed E-state index contributed by atoms with van der Waals surface area (Å²) in [6.45, 7) is 6.90. The number of nitrogens with zero attached hydrogens (tertiary/aromatic N) is 1. The van der Waals surface area contributed by atoms with Gasteiger partial charge in [-0.05, 0) is 58.8 Å². The molecule has 1 aliphatic rings. The zero-order valence-electron chi connectivity index (χ0n) is 20.8. The molecule has 0 saturated carbocycles. The van der Waals surface area contributed by atoms with Crippen LogP contribution in [0.1, 0.15) is 32.8 Å². The summed E-state index contributed by atoms with van der Waals surface area (Å²) in [5.74, 6) is 0.853. The molecule has 0 aromatic heterocycles. The summed E-state index contributed by atoms with van der Waals surface area (Å²) in [6, 6.07) is 29.3. The number of hydrogen-bond acceptors (Lipinski definition) is 3. The molecule has 4 aromatic carbocycles. The average Bonchev–Trinajstić information content (AvgIpc) is 3.26. The van der Waals surface area contributed by atoms with Gasteiger partial charge in [0, 0.05) is 24.0 Å². The molecule has 1 saturated heterocycles. The van der Waals surface area contributed by atoms with Crippen molar-refractivity contribution in [1.29, 1.82) is 0 Å². The number of carbonyl (C=O) groups is 2. The standard InChI is InChI=1S/C31H30N2O3/c1-31(2,3)23-11-15-25(16-12-23)36-26-17-13-24(14-18-26)32-30(35)22-19-29(34)33(20-22)28-10-6-8-21-7-4-5-9-27(21)28/h4-18,22H,19-20H2,1-3H3,(H,32,35)/t22-/m1/s1. The fraction of sp³-hybridized carbons (Fsp3) is 0.226. The highest BCUT2D eigenvalue weighted by molar-refractivity contribution is 6.08. The first-order chi connectivity index (χ1) is 17.3. The van der Waals surface area contributed by atoms with Gasteiger partial charge < -0.3 is 15.0 Å². The lowest BCUT2D eigenvalue weighted by atomic mass is 9.87. The topological polar surface area (TPSA) is 58.6 Å². The fourth-order valence-electron chi connectivity index (χ4n) is 4.57. The number of nitrogens with one attached hydrogen (secondary N) is 1. The second-order valence-corrected chi connectivity index (χ2v) is 10.3. The maximum Gasteiger partial charge on any atom is 0.229 e. The number of fused-ring (bicyclic) bond motifs is 1. The molecule has 0 radical (unpaired) electrons. The van der Waals surface area contributed by atoms with Crippen molar-refractivity contribution >= 4 is 34.0 Å². The van der Waals surface area contributed by atoms with E-state index in [9.17, 15) is 9.59 Å². The van der Waals surface area contributed by atoms with E-state index in [-0.39, 0.29) is 23.7 Å². The normalized spacial score (nSPS) is 15.8. The lowest BCUT2D eigenvalue weighted by molar-refractivity contribution is -0.122. The quantitative estimate of drug-likeness (QED) is 0.339. The molecule has 0 aliphatic carbocycles. The number of benzene rings is 4. The first kappa shape index (κ1) is 23.6. The van der Waals surface area contributed by atoms with Gasteiger partial charge >= 0.3 is 0 Å². The van der Waals surface area contributed by atoms with Crippen LogP contribution in [0.2, 0.25) is 0 Å². The lowest BCUT2D eigenvalue weighted by Gasteiger charge is -2.19. The Kier molecular flexibility index (Phi) is 6.23. The predicted molar refractivity (Wildman–Crippen MR) is 145 cm³/mol. The molecule has 0 bridgehead atoms. The van der Waals surface area contributed by atoms with Gasteiger partial charge in [0.25, 0.3) is 0 Å². The highest BCUT2D eigenvalue weighted by Gasteiger charge is 2.35. The third-order valence-electron chi connectivity index (χ3n) is 6.63. The van der Waals surface area contributed by atoms with Crippen LogP contribution in [0.5, 0.6) is 11.5 Å². The van der Waals surface area contributed by atoms with E-state index in [0.717, 1.165) is 22.2 Å². The molecule has 182 valence electrons. The number of rotatable bonds is 5. The Balaban J connectivity index is 1.22. The second kappa shape index (κ2) is 9.50. The third-order valence-corrected chi connectivity index (χ3v) is 6.63. The van der Waals surface area contributed by atoms with Crippen LogP contribution in [0.25, 0.3) is 10.8 Å². The van der Waals surface area contributed by atoms with Crippen LogP contribution >= 0.6 is 0 Å². The summed E-state index contributed by atoms with van der Waals surface area (Å²) < 4.78 is 5.95. The summed E-state index contributed by atoms with van der Waals surface area (Å²) in [5.41, 5.74) is 2.86. The van der Waals surface area contributed by atoms with Crippen molar-refractivity contribution in [2.24, 2.45) is 5.92 Å². The molecule has 36 heavy (non-hydrogen) atoms. The molecule has 5 rings (SSSR count). The zero-order chi connectivity index (χ0) is 25.3. The van der Waals surface area contributed by atoms with Crippen molar-refractivity contribution in [3.05, 3.63) is 96.6 Å². The molecule has 2 amide bonds. The van der Waals surface area contributed by atoms with E-state index in [1.54, 1.807) is 4.90 Å². The summed E-state index contributed by atoms with van der Waals surface area (Å²) in [4.78, 5) is 27.5. The summed E-state index contributed by atoms with van der Waals surface area (Å²) >= 11 is 0. The van der Waals surface area contributed by atoms with E-state index in [1.165, 1.54) is 5.56 Å². The van der Waals surface area contributed by atoms with Gasteiger partial charge in [-0.1, -0.05) is 69.3 Å². The second-order valence-electron chi connectivity index (χ2n) is 10.3. The van der Waals surface area contributed by atoms with Gasteiger partial charge in [0.1, 0.15) is 11.5 Å². The summed E-state index contributed by atoms with van der Waals surface area (Å²) in [7, 11) is 0. The minimum Gasteiger partial charge on any atom is -0.457 e. The van der Waals surface area contributed by atoms with Gasteiger partial charge in [0.2, 0.25) is 11.8 Å². The van der Waals surface area contributed by atoms with E-state index < -0.39 is 5.92 Å². The first-order valence-corrected chi connectivity index (χ1v) is 12.3. The smallest absolute Gasteiger partial charge is 0.229 e. The minimum absolute atomic E-state index is 0.0345. The Labute approximate surface area is 211 Å². The molecule has 0 unspecified atom stereocenters. The lowest BCUT2D eigenvalue weighted by Crippen LogP contribution is -2.28. The zero-order valence-corrected chi connectivity index (χ0v) is 20.8. The van der Waals surface area contributed by atoms with Crippen LogP contribution in [-0.2, 0) is 15.0 Å². The molecule has 0 spiro atoms. The van der Waals surface area contributed by atoms with Crippen molar-refractivity contribution in [3.63, 3.8) is 0 Å². The third kappa shape index (κ3) is 4.96. The van der Waals surface area contributed by atoms with E-state index in [4.69, 9.17) is 4.74 Å². The Morgan fingerprint density at radius 1 is 0.861 bits per heavy atom. The number of anilines is 2. The molecule has 1 atom stereocenters. The van der Waals surface area contributed by atoms with Crippen LogP contribution in [-0.4, -0.2) is 18.4 Å². The van der Waals surface area contributed by atoms with Gasteiger partial charge in [-0.2, -0.15) is 0 Å². The highest BCUT2D eigenvalue weighted by atomic mass is 16.5. The van der Waals surface area contributed by atoms with Crippen LogP contribution in [0, 0.1) is 5.92 Å². The molecular weight excluding hydrogens is 448 g/mol. The monoisotopic (exact) mass is 478 g/mol. The van der Waals surface area contributed by atoms with Crippen molar-refractivity contribution < 1.29 is 14.3 Å². The maximum atomic E-state index is 13.0. The summed E-state index contributed by atoms with van der Waals surface area (Å²) in [6.07, 6.45) is 0.195.